The monoisotopic (exact) mass is 189 g/mol. The molecule has 1 aliphatic heterocycles. The summed E-state index contributed by atoms with van der Waals surface area (Å²) in [7, 11) is 0. The lowest BCUT2D eigenvalue weighted by Crippen LogP contribution is -2.38. The summed E-state index contributed by atoms with van der Waals surface area (Å²) in [4.78, 5) is 2.56. The number of hydrogen-bond acceptors (Lipinski definition) is 1. The van der Waals surface area contributed by atoms with Gasteiger partial charge in [-0.25, -0.2) is 0 Å². The molecule has 1 heterocycles. The highest BCUT2D eigenvalue weighted by atomic mass is 35.5. The Morgan fingerprint density at radius 1 is 1.50 bits per heavy atom. The van der Waals surface area contributed by atoms with Crippen LogP contribution in [0.1, 0.15) is 26.7 Å². The first-order valence-corrected chi connectivity index (χ1v) is 5.54. The van der Waals surface area contributed by atoms with Gasteiger partial charge in [0, 0.05) is 19.0 Å². The SMILES string of the molecule is CC(C)CN1CCC[C@H](CCl)C1. The lowest BCUT2D eigenvalue weighted by atomic mass is 9.99. The van der Waals surface area contributed by atoms with Crippen LogP contribution in [0.4, 0.5) is 0 Å². The number of halogens is 1. The fraction of sp³-hybridized carbons (Fsp3) is 1.00. The molecule has 0 unspecified atom stereocenters. The molecule has 0 aromatic carbocycles. The Balaban J connectivity index is 2.25. The summed E-state index contributed by atoms with van der Waals surface area (Å²) in [5, 5.41) is 0. The number of nitrogens with zero attached hydrogens (tertiary/aromatic N) is 1. The van der Waals surface area contributed by atoms with Crippen molar-refractivity contribution in [2.75, 3.05) is 25.5 Å². The summed E-state index contributed by atoms with van der Waals surface area (Å²) in [6.07, 6.45) is 2.67. The highest BCUT2D eigenvalue weighted by Crippen LogP contribution is 2.18. The van der Waals surface area contributed by atoms with Crippen LogP contribution in [0.5, 0.6) is 0 Å². The average Bonchev–Trinajstić information content (AvgIpc) is 2.03. The van der Waals surface area contributed by atoms with Gasteiger partial charge in [0.05, 0.1) is 0 Å². The Kier molecular flexibility index (Phi) is 4.38. The van der Waals surface area contributed by atoms with Crippen molar-refractivity contribution in [3.63, 3.8) is 0 Å². The molecule has 1 nitrogen and oxygen atoms in total. The topological polar surface area (TPSA) is 3.24 Å². The quantitative estimate of drug-likeness (QED) is 0.617. The van der Waals surface area contributed by atoms with Gasteiger partial charge >= 0.3 is 0 Å². The van der Waals surface area contributed by atoms with Gasteiger partial charge in [-0.1, -0.05) is 13.8 Å². The van der Waals surface area contributed by atoms with Crippen LogP contribution >= 0.6 is 11.6 Å². The van der Waals surface area contributed by atoms with E-state index in [1.54, 1.807) is 0 Å². The summed E-state index contributed by atoms with van der Waals surface area (Å²) in [6, 6.07) is 0. The molecule has 1 aliphatic rings. The largest absolute Gasteiger partial charge is 0.303 e. The molecule has 0 aliphatic carbocycles. The van der Waals surface area contributed by atoms with E-state index < -0.39 is 0 Å². The van der Waals surface area contributed by atoms with Crippen LogP contribution in [0.3, 0.4) is 0 Å². The van der Waals surface area contributed by atoms with Crippen molar-refractivity contribution in [1.29, 1.82) is 0 Å². The van der Waals surface area contributed by atoms with Gasteiger partial charge in [0.15, 0.2) is 0 Å². The third kappa shape index (κ3) is 3.32. The van der Waals surface area contributed by atoms with Crippen molar-refractivity contribution in [2.45, 2.75) is 26.7 Å². The van der Waals surface area contributed by atoms with E-state index in [1.165, 1.54) is 32.5 Å². The first-order chi connectivity index (χ1) is 5.72. The lowest BCUT2D eigenvalue weighted by molar-refractivity contribution is 0.168. The minimum absolute atomic E-state index is 0.749. The van der Waals surface area contributed by atoms with Crippen LogP contribution in [0.2, 0.25) is 0 Å². The highest BCUT2D eigenvalue weighted by Gasteiger charge is 2.18. The normalized spacial score (nSPS) is 26.5. The van der Waals surface area contributed by atoms with Gasteiger partial charge in [0.25, 0.3) is 0 Å². The first-order valence-electron chi connectivity index (χ1n) is 5.00. The van der Waals surface area contributed by atoms with Crippen molar-refractivity contribution in [3.8, 4) is 0 Å². The molecule has 0 spiro atoms. The highest BCUT2D eigenvalue weighted by molar-refractivity contribution is 6.18. The summed E-state index contributed by atoms with van der Waals surface area (Å²) in [5.74, 6) is 2.38. The summed E-state index contributed by atoms with van der Waals surface area (Å²) in [5.41, 5.74) is 0. The predicted octanol–water partition coefficient (Wildman–Crippen LogP) is 2.59. The first kappa shape index (κ1) is 10.3. The van der Waals surface area contributed by atoms with E-state index in [2.05, 4.69) is 18.7 Å². The molecule has 2 heteroatoms. The number of alkyl halides is 1. The Morgan fingerprint density at radius 3 is 2.83 bits per heavy atom. The van der Waals surface area contributed by atoms with E-state index >= 15 is 0 Å². The second kappa shape index (κ2) is 5.08. The van der Waals surface area contributed by atoms with Crippen LogP contribution in [0.25, 0.3) is 0 Å². The van der Waals surface area contributed by atoms with Gasteiger partial charge < -0.3 is 4.90 Å². The van der Waals surface area contributed by atoms with Crippen molar-refractivity contribution in [2.24, 2.45) is 11.8 Å². The zero-order chi connectivity index (χ0) is 8.97. The van der Waals surface area contributed by atoms with Crippen molar-refractivity contribution >= 4 is 11.6 Å². The van der Waals surface area contributed by atoms with Crippen LogP contribution in [-0.2, 0) is 0 Å². The van der Waals surface area contributed by atoms with Gasteiger partial charge in [-0.2, -0.15) is 0 Å². The third-order valence-electron chi connectivity index (χ3n) is 2.44. The van der Waals surface area contributed by atoms with Gasteiger partial charge in [0.1, 0.15) is 0 Å². The van der Waals surface area contributed by atoms with E-state index in [0.717, 1.165) is 17.7 Å². The van der Waals surface area contributed by atoms with Crippen LogP contribution in [-0.4, -0.2) is 30.4 Å². The average molecular weight is 190 g/mol. The maximum Gasteiger partial charge on any atom is 0.0263 e. The summed E-state index contributed by atoms with van der Waals surface area (Å²) in [6.45, 7) is 8.31. The number of rotatable bonds is 3. The van der Waals surface area contributed by atoms with Crippen molar-refractivity contribution < 1.29 is 0 Å². The Hall–Kier alpha value is 0.250. The summed E-state index contributed by atoms with van der Waals surface area (Å²) < 4.78 is 0. The van der Waals surface area contributed by atoms with E-state index in [9.17, 15) is 0 Å². The second-order valence-electron chi connectivity index (χ2n) is 4.32. The number of hydrogen-bond donors (Lipinski definition) is 0. The molecular formula is C10H20ClN. The molecule has 0 bridgehead atoms. The minimum Gasteiger partial charge on any atom is -0.303 e. The zero-order valence-corrected chi connectivity index (χ0v) is 8.98. The molecule has 0 N–H and O–H groups in total. The van der Waals surface area contributed by atoms with Gasteiger partial charge in [-0.3, -0.25) is 0 Å². The van der Waals surface area contributed by atoms with Gasteiger partial charge in [0.2, 0.25) is 0 Å². The fourth-order valence-corrected chi connectivity index (χ4v) is 2.21. The number of piperidine rings is 1. The maximum atomic E-state index is 5.86. The fourth-order valence-electron chi connectivity index (χ4n) is 1.96. The lowest BCUT2D eigenvalue weighted by Gasteiger charge is -2.32. The van der Waals surface area contributed by atoms with E-state index in [-0.39, 0.29) is 0 Å². The molecule has 0 aromatic rings. The molecule has 0 aromatic heterocycles. The molecular weight excluding hydrogens is 170 g/mol. The van der Waals surface area contributed by atoms with Crippen LogP contribution < -0.4 is 0 Å². The predicted molar refractivity (Wildman–Crippen MR) is 54.7 cm³/mol. The van der Waals surface area contributed by atoms with Gasteiger partial charge in [-0.15, -0.1) is 11.6 Å². The van der Waals surface area contributed by atoms with Crippen LogP contribution in [0.15, 0.2) is 0 Å². The zero-order valence-electron chi connectivity index (χ0n) is 8.22. The smallest absolute Gasteiger partial charge is 0.0263 e. The van der Waals surface area contributed by atoms with E-state index in [4.69, 9.17) is 11.6 Å². The molecule has 1 rings (SSSR count). The molecule has 12 heavy (non-hydrogen) atoms. The van der Waals surface area contributed by atoms with Crippen molar-refractivity contribution in [1.82, 2.24) is 4.90 Å². The Labute approximate surface area is 81.1 Å². The molecule has 0 saturated carbocycles. The molecule has 0 radical (unpaired) electrons. The second-order valence-corrected chi connectivity index (χ2v) is 4.62. The summed E-state index contributed by atoms with van der Waals surface area (Å²) >= 11 is 5.86. The third-order valence-corrected chi connectivity index (χ3v) is 2.88. The molecule has 72 valence electrons. The Bertz CT molecular complexity index is 125. The number of likely N-dealkylation sites (tertiary alicyclic amines) is 1. The van der Waals surface area contributed by atoms with Crippen LogP contribution in [0, 0.1) is 11.8 Å². The van der Waals surface area contributed by atoms with E-state index in [1.807, 2.05) is 0 Å². The maximum absolute atomic E-state index is 5.86. The molecule has 0 amide bonds. The van der Waals surface area contributed by atoms with Crippen molar-refractivity contribution in [3.05, 3.63) is 0 Å². The van der Waals surface area contributed by atoms with E-state index in [0.29, 0.717) is 0 Å². The molecule has 1 saturated heterocycles. The standard InChI is InChI=1S/C10H20ClN/c1-9(2)7-12-5-3-4-10(6-11)8-12/h9-10H,3-8H2,1-2H3/t10-/m1/s1. The molecule has 1 fully saturated rings. The minimum atomic E-state index is 0.749. The Morgan fingerprint density at radius 2 is 2.25 bits per heavy atom. The molecule has 1 atom stereocenters. The van der Waals surface area contributed by atoms with Gasteiger partial charge in [-0.05, 0) is 31.2 Å².